The number of hydrogen-bond acceptors (Lipinski definition) is 4. The first-order valence-electron chi connectivity index (χ1n) is 9.52. The average Bonchev–Trinajstić information content (AvgIpc) is 2.73. The van der Waals surface area contributed by atoms with Crippen LogP contribution in [0.3, 0.4) is 0 Å². The number of morpholine rings is 1. The summed E-state index contributed by atoms with van der Waals surface area (Å²) in [6, 6.07) is 19.1. The van der Waals surface area contributed by atoms with E-state index in [0.29, 0.717) is 12.6 Å². The van der Waals surface area contributed by atoms with E-state index in [4.69, 9.17) is 4.74 Å². The smallest absolute Gasteiger partial charge is 0.240 e. The van der Waals surface area contributed by atoms with Gasteiger partial charge in [-0.15, -0.1) is 0 Å². The van der Waals surface area contributed by atoms with Crippen molar-refractivity contribution in [3.05, 3.63) is 65.7 Å². The van der Waals surface area contributed by atoms with Crippen LogP contribution in [0.15, 0.2) is 54.6 Å². The summed E-state index contributed by atoms with van der Waals surface area (Å²) >= 11 is 0. The fourth-order valence-corrected chi connectivity index (χ4v) is 3.49. The number of nitrogens with one attached hydrogen (secondary N) is 1. The molecule has 1 amide bonds. The number of likely N-dealkylation sites (N-methyl/N-ethyl adjacent to an activating group) is 2. The fraction of sp³-hybridized carbons (Fsp3) is 0.409. The highest BCUT2D eigenvalue weighted by atomic mass is 16.5. The van der Waals surface area contributed by atoms with Crippen molar-refractivity contribution in [2.45, 2.75) is 19.1 Å². The second-order valence-corrected chi connectivity index (χ2v) is 7.02. The van der Waals surface area contributed by atoms with Crippen LogP contribution in [0.2, 0.25) is 0 Å². The molecule has 2 atom stereocenters. The second kappa shape index (κ2) is 9.13. The third-order valence-corrected chi connectivity index (χ3v) is 5.28. The molecular weight excluding hydrogens is 338 g/mol. The molecule has 5 nitrogen and oxygen atoms in total. The van der Waals surface area contributed by atoms with E-state index in [1.165, 1.54) is 5.56 Å². The molecule has 0 unspecified atom stereocenters. The molecule has 1 saturated heterocycles. The van der Waals surface area contributed by atoms with E-state index in [0.717, 1.165) is 30.9 Å². The summed E-state index contributed by atoms with van der Waals surface area (Å²) in [7, 11) is 3.58. The molecule has 144 valence electrons. The van der Waals surface area contributed by atoms with Gasteiger partial charge in [0.2, 0.25) is 5.91 Å². The Morgan fingerprint density at radius 2 is 1.93 bits per heavy atom. The molecule has 0 saturated carbocycles. The van der Waals surface area contributed by atoms with Crippen LogP contribution in [-0.4, -0.2) is 51.1 Å². The van der Waals surface area contributed by atoms with Crippen molar-refractivity contribution in [1.82, 2.24) is 10.2 Å². The van der Waals surface area contributed by atoms with Crippen molar-refractivity contribution in [2.24, 2.45) is 0 Å². The summed E-state index contributed by atoms with van der Waals surface area (Å²) in [6.07, 6.45) is 0.0530. The summed E-state index contributed by atoms with van der Waals surface area (Å²) in [5.41, 5.74) is 3.38. The monoisotopic (exact) mass is 367 g/mol. The summed E-state index contributed by atoms with van der Waals surface area (Å²) in [6.45, 7) is 5.11. The number of amides is 1. The van der Waals surface area contributed by atoms with E-state index in [1.807, 2.05) is 12.1 Å². The number of rotatable bonds is 6. The topological polar surface area (TPSA) is 44.8 Å². The van der Waals surface area contributed by atoms with E-state index < -0.39 is 0 Å². The molecule has 1 aliphatic heterocycles. The van der Waals surface area contributed by atoms with Crippen LogP contribution in [-0.2, 0) is 9.53 Å². The normalized spacial score (nSPS) is 18.9. The Labute approximate surface area is 161 Å². The van der Waals surface area contributed by atoms with Gasteiger partial charge in [0.1, 0.15) is 0 Å². The predicted molar refractivity (Wildman–Crippen MR) is 109 cm³/mol. The largest absolute Gasteiger partial charge is 0.371 e. The molecule has 0 bridgehead atoms. The summed E-state index contributed by atoms with van der Waals surface area (Å²) < 4.78 is 6.03. The SMILES string of the molecule is CNCC(=O)N(C)c1ccc([C@H]2CN([C@H](C)c3ccccc3)CCO2)cc1. The Balaban J connectivity index is 1.66. The molecule has 2 aromatic rings. The molecule has 0 aromatic heterocycles. The first kappa shape index (κ1) is 19.5. The second-order valence-electron chi connectivity index (χ2n) is 7.02. The maximum Gasteiger partial charge on any atom is 0.240 e. The standard InChI is InChI=1S/C22H29N3O2/c1-17(18-7-5-4-6-8-18)25-13-14-27-21(16-25)19-9-11-20(12-10-19)24(3)22(26)15-23-2/h4-12,17,21,23H,13-16H2,1-3H3/t17-,21-/m1/s1. The van der Waals surface area contributed by atoms with Gasteiger partial charge in [-0.2, -0.15) is 0 Å². The highest BCUT2D eigenvalue weighted by Crippen LogP contribution is 2.29. The van der Waals surface area contributed by atoms with Crippen molar-refractivity contribution in [3.8, 4) is 0 Å². The third-order valence-electron chi connectivity index (χ3n) is 5.28. The molecular formula is C22H29N3O2. The van der Waals surface area contributed by atoms with Gasteiger partial charge >= 0.3 is 0 Å². The Bertz CT molecular complexity index is 733. The van der Waals surface area contributed by atoms with E-state index >= 15 is 0 Å². The van der Waals surface area contributed by atoms with Crippen molar-refractivity contribution in [3.63, 3.8) is 0 Å². The third kappa shape index (κ3) is 4.75. The van der Waals surface area contributed by atoms with Gasteiger partial charge in [0.15, 0.2) is 0 Å². The number of nitrogens with zero attached hydrogens (tertiary/aromatic N) is 2. The van der Waals surface area contributed by atoms with Crippen molar-refractivity contribution < 1.29 is 9.53 Å². The molecule has 27 heavy (non-hydrogen) atoms. The molecule has 2 aromatic carbocycles. The molecule has 1 aliphatic rings. The van der Waals surface area contributed by atoms with Crippen LogP contribution in [0.4, 0.5) is 5.69 Å². The minimum absolute atomic E-state index is 0.0435. The highest BCUT2D eigenvalue weighted by molar-refractivity contribution is 5.94. The van der Waals surface area contributed by atoms with E-state index in [-0.39, 0.29) is 12.0 Å². The van der Waals surface area contributed by atoms with Crippen molar-refractivity contribution in [1.29, 1.82) is 0 Å². The summed E-state index contributed by atoms with van der Waals surface area (Å²) in [5.74, 6) is 0.0435. The molecule has 1 fully saturated rings. The number of carbonyl (C=O) groups is 1. The number of hydrogen-bond donors (Lipinski definition) is 1. The van der Waals surface area contributed by atoms with Crippen LogP contribution in [0.5, 0.6) is 0 Å². The molecule has 5 heteroatoms. The minimum Gasteiger partial charge on any atom is -0.371 e. The number of carbonyl (C=O) groups excluding carboxylic acids is 1. The van der Waals surface area contributed by atoms with Crippen LogP contribution < -0.4 is 10.2 Å². The van der Waals surface area contributed by atoms with Crippen LogP contribution in [0.1, 0.15) is 30.2 Å². The molecule has 0 radical (unpaired) electrons. The molecule has 0 spiro atoms. The van der Waals surface area contributed by atoms with Crippen LogP contribution >= 0.6 is 0 Å². The van der Waals surface area contributed by atoms with Crippen molar-refractivity contribution in [2.75, 3.05) is 45.2 Å². The molecule has 1 heterocycles. The number of benzene rings is 2. The van der Waals surface area contributed by atoms with Gasteiger partial charge in [0.05, 0.1) is 19.3 Å². The zero-order valence-corrected chi connectivity index (χ0v) is 16.4. The minimum atomic E-state index is 0.0435. The summed E-state index contributed by atoms with van der Waals surface area (Å²) in [4.78, 5) is 16.2. The van der Waals surface area contributed by atoms with E-state index in [1.54, 1.807) is 19.0 Å². The molecule has 1 N–H and O–H groups in total. The van der Waals surface area contributed by atoms with Gasteiger partial charge in [-0.3, -0.25) is 9.69 Å². The van der Waals surface area contributed by atoms with E-state index in [2.05, 4.69) is 59.6 Å². The lowest BCUT2D eigenvalue weighted by Crippen LogP contribution is -2.39. The zero-order valence-electron chi connectivity index (χ0n) is 16.4. The van der Waals surface area contributed by atoms with Crippen LogP contribution in [0.25, 0.3) is 0 Å². The Kier molecular flexibility index (Phi) is 6.61. The highest BCUT2D eigenvalue weighted by Gasteiger charge is 2.26. The maximum atomic E-state index is 12.0. The van der Waals surface area contributed by atoms with Gasteiger partial charge in [-0.05, 0) is 37.2 Å². The summed E-state index contributed by atoms with van der Waals surface area (Å²) in [5, 5.41) is 2.89. The van der Waals surface area contributed by atoms with E-state index in [9.17, 15) is 4.79 Å². The van der Waals surface area contributed by atoms with Gasteiger partial charge in [0, 0.05) is 31.9 Å². The first-order chi connectivity index (χ1) is 13.1. The average molecular weight is 367 g/mol. The molecule has 0 aliphatic carbocycles. The molecule has 3 rings (SSSR count). The number of ether oxygens (including phenoxy) is 1. The zero-order chi connectivity index (χ0) is 19.2. The van der Waals surface area contributed by atoms with Gasteiger partial charge in [0.25, 0.3) is 0 Å². The van der Waals surface area contributed by atoms with Crippen molar-refractivity contribution >= 4 is 11.6 Å². The predicted octanol–water partition coefficient (Wildman–Crippen LogP) is 3.00. The lowest BCUT2D eigenvalue weighted by atomic mass is 10.0. The van der Waals surface area contributed by atoms with Gasteiger partial charge < -0.3 is 15.0 Å². The lowest BCUT2D eigenvalue weighted by molar-refractivity contribution is -0.117. The quantitative estimate of drug-likeness (QED) is 0.853. The first-order valence-corrected chi connectivity index (χ1v) is 9.52. The maximum absolute atomic E-state index is 12.0. The van der Waals surface area contributed by atoms with Gasteiger partial charge in [-0.25, -0.2) is 0 Å². The lowest BCUT2D eigenvalue weighted by Gasteiger charge is -2.37. The van der Waals surface area contributed by atoms with Crippen LogP contribution in [0, 0.1) is 0 Å². The fourth-order valence-electron chi connectivity index (χ4n) is 3.49. The Hall–Kier alpha value is -2.21. The number of anilines is 1. The Morgan fingerprint density at radius 3 is 2.59 bits per heavy atom. The van der Waals surface area contributed by atoms with Gasteiger partial charge in [-0.1, -0.05) is 42.5 Å². The Morgan fingerprint density at radius 1 is 1.22 bits per heavy atom.